The summed E-state index contributed by atoms with van der Waals surface area (Å²) >= 11 is 0. The first-order valence-corrected chi connectivity index (χ1v) is 3.39. The highest BCUT2D eigenvalue weighted by atomic mass is 19.1. The van der Waals surface area contributed by atoms with Gasteiger partial charge in [0.15, 0.2) is 0 Å². The molecule has 0 N–H and O–H groups in total. The van der Waals surface area contributed by atoms with Crippen LogP contribution < -0.4 is 0 Å². The van der Waals surface area contributed by atoms with E-state index in [2.05, 4.69) is 6.92 Å². The summed E-state index contributed by atoms with van der Waals surface area (Å²) in [5, 5.41) is 0. The van der Waals surface area contributed by atoms with E-state index in [0.717, 1.165) is 12.8 Å². The van der Waals surface area contributed by atoms with Gasteiger partial charge in [0.25, 0.3) is 0 Å². The van der Waals surface area contributed by atoms with Gasteiger partial charge in [0.2, 0.25) is 0 Å². The molecule has 1 aliphatic rings. The third kappa shape index (κ3) is 0.743. The third-order valence-corrected chi connectivity index (χ3v) is 2.37. The Labute approximate surface area is 50.1 Å². The minimum absolute atomic E-state index is 0.347. The van der Waals surface area contributed by atoms with E-state index in [-0.39, 0.29) is 0 Å². The number of halogens is 1. The monoisotopic (exact) mass is 116 g/mol. The summed E-state index contributed by atoms with van der Waals surface area (Å²) in [5.41, 5.74) is 0. The molecule has 0 aliphatic heterocycles. The van der Waals surface area contributed by atoms with Gasteiger partial charge in [-0.05, 0) is 18.3 Å². The quantitative estimate of drug-likeness (QED) is 0.493. The van der Waals surface area contributed by atoms with E-state index >= 15 is 0 Å². The summed E-state index contributed by atoms with van der Waals surface area (Å²) in [7, 11) is 0. The second kappa shape index (κ2) is 2.04. The van der Waals surface area contributed by atoms with Crippen molar-refractivity contribution in [3.05, 3.63) is 0 Å². The first kappa shape index (κ1) is 6.06. The average Bonchev–Trinajstić information content (AvgIpc) is 1.81. The molecular formula is C7H13F. The molecular weight excluding hydrogens is 103 g/mol. The normalized spacial score (nSPS) is 46.1. The molecule has 8 heavy (non-hydrogen) atoms. The molecule has 1 fully saturated rings. The molecule has 3 atom stereocenters. The van der Waals surface area contributed by atoms with Crippen LogP contribution in [0.15, 0.2) is 0 Å². The average molecular weight is 116 g/mol. The number of hydrogen-bond acceptors (Lipinski definition) is 0. The topological polar surface area (TPSA) is 0 Å². The summed E-state index contributed by atoms with van der Waals surface area (Å²) in [4.78, 5) is 0. The van der Waals surface area contributed by atoms with Gasteiger partial charge in [0.1, 0.15) is 6.17 Å². The summed E-state index contributed by atoms with van der Waals surface area (Å²) in [6.07, 6.45) is 1.49. The summed E-state index contributed by atoms with van der Waals surface area (Å²) < 4.78 is 12.3. The predicted octanol–water partition coefficient (Wildman–Crippen LogP) is 2.39. The lowest BCUT2D eigenvalue weighted by atomic mass is 9.72. The van der Waals surface area contributed by atoms with Crippen molar-refractivity contribution in [2.45, 2.75) is 32.9 Å². The van der Waals surface area contributed by atoms with E-state index in [4.69, 9.17) is 0 Å². The largest absolute Gasteiger partial charge is 0.247 e. The maximum atomic E-state index is 12.3. The number of hydrogen-bond donors (Lipinski definition) is 0. The molecule has 1 rings (SSSR count). The standard InChI is InChI=1S/C7H13F/c1-3-6-4-7(8)5(6)2/h5-7H,3-4H2,1-2H3. The molecule has 0 nitrogen and oxygen atoms in total. The van der Waals surface area contributed by atoms with Crippen LogP contribution in [0, 0.1) is 11.8 Å². The molecule has 3 unspecified atom stereocenters. The fourth-order valence-corrected chi connectivity index (χ4v) is 1.36. The van der Waals surface area contributed by atoms with E-state index in [9.17, 15) is 4.39 Å². The zero-order valence-electron chi connectivity index (χ0n) is 5.52. The van der Waals surface area contributed by atoms with Crippen LogP contribution >= 0.6 is 0 Å². The lowest BCUT2D eigenvalue weighted by molar-refractivity contribution is 0.0449. The van der Waals surface area contributed by atoms with Crippen LogP contribution in [0.5, 0.6) is 0 Å². The Morgan fingerprint density at radius 1 is 1.62 bits per heavy atom. The Balaban J connectivity index is 2.25. The van der Waals surface area contributed by atoms with Crippen LogP contribution in [0.1, 0.15) is 26.7 Å². The van der Waals surface area contributed by atoms with E-state index in [1.54, 1.807) is 0 Å². The molecule has 1 heteroatoms. The van der Waals surface area contributed by atoms with Gasteiger partial charge in [-0.25, -0.2) is 4.39 Å². The van der Waals surface area contributed by atoms with Crippen molar-refractivity contribution in [1.29, 1.82) is 0 Å². The first-order valence-electron chi connectivity index (χ1n) is 3.39. The fraction of sp³-hybridized carbons (Fsp3) is 1.00. The zero-order chi connectivity index (χ0) is 6.15. The zero-order valence-corrected chi connectivity index (χ0v) is 5.52. The molecule has 48 valence electrons. The Kier molecular flexibility index (Phi) is 1.54. The molecule has 0 saturated heterocycles. The van der Waals surface area contributed by atoms with Crippen LogP contribution in [-0.2, 0) is 0 Å². The van der Waals surface area contributed by atoms with Gasteiger partial charge >= 0.3 is 0 Å². The molecule has 0 amide bonds. The second-order valence-electron chi connectivity index (χ2n) is 2.78. The van der Waals surface area contributed by atoms with Gasteiger partial charge in [-0.3, -0.25) is 0 Å². The van der Waals surface area contributed by atoms with Crippen molar-refractivity contribution in [2.75, 3.05) is 0 Å². The van der Waals surface area contributed by atoms with E-state index in [1.165, 1.54) is 0 Å². The van der Waals surface area contributed by atoms with Crippen molar-refractivity contribution < 1.29 is 4.39 Å². The van der Waals surface area contributed by atoms with Crippen LogP contribution in [0.4, 0.5) is 4.39 Å². The highest BCUT2D eigenvalue weighted by Crippen LogP contribution is 2.38. The summed E-state index contributed by atoms with van der Waals surface area (Å²) in [6.45, 7) is 4.13. The Morgan fingerprint density at radius 2 is 2.25 bits per heavy atom. The fourth-order valence-electron chi connectivity index (χ4n) is 1.36. The lowest BCUT2D eigenvalue weighted by Gasteiger charge is -2.36. The van der Waals surface area contributed by atoms with Crippen molar-refractivity contribution in [3.63, 3.8) is 0 Å². The Morgan fingerprint density at radius 3 is 2.38 bits per heavy atom. The van der Waals surface area contributed by atoms with Gasteiger partial charge in [0, 0.05) is 0 Å². The maximum absolute atomic E-state index is 12.3. The first-order chi connectivity index (χ1) is 3.75. The highest BCUT2D eigenvalue weighted by Gasteiger charge is 2.35. The minimum Gasteiger partial charge on any atom is -0.247 e. The molecule has 0 heterocycles. The van der Waals surface area contributed by atoms with Crippen molar-refractivity contribution in [3.8, 4) is 0 Å². The van der Waals surface area contributed by atoms with Gasteiger partial charge in [0.05, 0.1) is 0 Å². The van der Waals surface area contributed by atoms with Gasteiger partial charge in [-0.2, -0.15) is 0 Å². The molecule has 0 aromatic heterocycles. The van der Waals surface area contributed by atoms with Gasteiger partial charge in [-0.1, -0.05) is 20.3 Å². The van der Waals surface area contributed by atoms with Crippen LogP contribution in [0.2, 0.25) is 0 Å². The van der Waals surface area contributed by atoms with Crippen LogP contribution in [0.25, 0.3) is 0 Å². The third-order valence-electron chi connectivity index (χ3n) is 2.37. The highest BCUT2D eigenvalue weighted by molar-refractivity contribution is 4.85. The molecule has 0 aromatic rings. The molecule has 0 radical (unpaired) electrons. The molecule has 0 spiro atoms. The number of alkyl halides is 1. The molecule has 0 bridgehead atoms. The molecule has 0 aromatic carbocycles. The van der Waals surface area contributed by atoms with E-state index < -0.39 is 6.17 Å². The summed E-state index contributed by atoms with van der Waals surface area (Å²) in [6, 6.07) is 0. The Bertz CT molecular complexity index is 80.5. The maximum Gasteiger partial charge on any atom is 0.103 e. The number of rotatable bonds is 1. The van der Waals surface area contributed by atoms with Crippen molar-refractivity contribution >= 4 is 0 Å². The van der Waals surface area contributed by atoms with E-state index in [0.29, 0.717) is 11.8 Å². The van der Waals surface area contributed by atoms with Crippen molar-refractivity contribution in [1.82, 2.24) is 0 Å². The minimum atomic E-state index is -0.486. The SMILES string of the molecule is CCC1CC(F)C1C. The van der Waals surface area contributed by atoms with Crippen LogP contribution in [0.3, 0.4) is 0 Å². The molecule has 1 aliphatic carbocycles. The Hall–Kier alpha value is -0.0700. The smallest absolute Gasteiger partial charge is 0.103 e. The molecule has 1 saturated carbocycles. The lowest BCUT2D eigenvalue weighted by Crippen LogP contribution is -2.35. The summed E-state index contributed by atoms with van der Waals surface area (Å²) in [5.74, 6) is 1.03. The predicted molar refractivity (Wildman–Crippen MR) is 32.5 cm³/mol. The van der Waals surface area contributed by atoms with E-state index in [1.807, 2.05) is 6.92 Å². The van der Waals surface area contributed by atoms with Gasteiger partial charge < -0.3 is 0 Å². The second-order valence-corrected chi connectivity index (χ2v) is 2.78. The van der Waals surface area contributed by atoms with Crippen molar-refractivity contribution in [2.24, 2.45) is 11.8 Å². The van der Waals surface area contributed by atoms with Gasteiger partial charge in [-0.15, -0.1) is 0 Å². The van der Waals surface area contributed by atoms with Crippen LogP contribution in [-0.4, -0.2) is 6.17 Å².